The molecule has 0 spiro atoms. The van der Waals surface area contributed by atoms with E-state index in [1.54, 1.807) is 0 Å². The van der Waals surface area contributed by atoms with Crippen molar-refractivity contribution in [2.24, 2.45) is 0 Å². The van der Waals surface area contributed by atoms with Crippen molar-refractivity contribution in [2.75, 3.05) is 59.1 Å². The third kappa shape index (κ3) is 5.83. The van der Waals surface area contributed by atoms with Crippen molar-refractivity contribution in [3.63, 3.8) is 0 Å². The summed E-state index contributed by atoms with van der Waals surface area (Å²) in [6.45, 7) is 13.7. The molecule has 2 aliphatic rings. The molecule has 5 nitrogen and oxygen atoms in total. The van der Waals surface area contributed by atoms with Gasteiger partial charge in [-0.05, 0) is 31.5 Å². The molecule has 0 radical (unpaired) electrons. The van der Waals surface area contributed by atoms with Gasteiger partial charge in [-0.2, -0.15) is 0 Å². The Kier molecular flexibility index (Phi) is 6.58. The number of piperazine rings is 1. The molecule has 1 aromatic rings. The minimum absolute atomic E-state index is 0.171. The lowest BCUT2D eigenvalue weighted by Crippen LogP contribution is -2.56. The Balaban J connectivity index is 1.48. The molecule has 0 unspecified atom stereocenters. The quantitative estimate of drug-likeness (QED) is 0.834. The number of hydrogen-bond acceptors (Lipinski definition) is 5. The molecule has 1 N–H and O–H groups in total. The minimum atomic E-state index is 0.171. The molecule has 0 aromatic heterocycles. The fourth-order valence-corrected chi connectivity index (χ4v) is 3.77. The van der Waals surface area contributed by atoms with Gasteiger partial charge in [0, 0.05) is 51.4 Å². The van der Waals surface area contributed by atoms with E-state index in [-0.39, 0.29) is 5.54 Å². The van der Waals surface area contributed by atoms with E-state index in [0.717, 1.165) is 64.8 Å². The Bertz CT molecular complexity index is 562. The summed E-state index contributed by atoms with van der Waals surface area (Å²) in [4.78, 5) is 4.83. The largest absolute Gasteiger partial charge is 0.491 e. The first kappa shape index (κ1) is 18.9. The Morgan fingerprint density at radius 2 is 2.00 bits per heavy atom. The second-order valence-corrected chi connectivity index (χ2v) is 8.00. The summed E-state index contributed by atoms with van der Waals surface area (Å²) < 4.78 is 11.2. The van der Waals surface area contributed by atoms with Crippen LogP contribution in [0.3, 0.4) is 0 Å². The first-order chi connectivity index (χ1) is 12.0. The second-order valence-electron chi connectivity index (χ2n) is 7.59. The van der Waals surface area contributed by atoms with Crippen LogP contribution in [0.15, 0.2) is 18.2 Å². The number of halogens is 1. The van der Waals surface area contributed by atoms with Gasteiger partial charge in [-0.3, -0.25) is 9.80 Å². The molecule has 6 heteroatoms. The Labute approximate surface area is 156 Å². The highest BCUT2D eigenvalue weighted by Crippen LogP contribution is 2.26. The van der Waals surface area contributed by atoms with Gasteiger partial charge >= 0.3 is 0 Å². The zero-order chi connectivity index (χ0) is 17.7. The maximum atomic E-state index is 6.44. The lowest BCUT2D eigenvalue weighted by molar-refractivity contribution is 0.0322. The van der Waals surface area contributed by atoms with Crippen LogP contribution in [0.2, 0.25) is 5.02 Å². The molecule has 0 aliphatic carbocycles. The van der Waals surface area contributed by atoms with Crippen LogP contribution in [-0.2, 0) is 11.3 Å². The molecule has 0 amide bonds. The van der Waals surface area contributed by atoms with E-state index in [1.165, 1.54) is 5.56 Å². The maximum Gasteiger partial charge on any atom is 0.137 e. The van der Waals surface area contributed by atoms with Crippen LogP contribution in [0.1, 0.15) is 19.4 Å². The highest BCUT2D eigenvalue weighted by atomic mass is 35.5. The third-order valence-electron chi connectivity index (χ3n) is 4.82. The van der Waals surface area contributed by atoms with Gasteiger partial charge < -0.3 is 14.8 Å². The van der Waals surface area contributed by atoms with E-state index in [9.17, 15) is 0 Å². The molecule has 2 heterocycles. The molecular formula is C19H30ClN3O2. The minimum Gasteiger partial charge on any atom is -0.491 e. The summed E-state index contributed by atoms with van der Waals surface area (Å²) in [6.07, 6.45) is 0. The standard InChI is InChI=1S/C19H30ClN3O2/c1-19(2)15-23(6-5-21-19)14-16-3-4-18(17(20)13-16)25-12-9-22-7-10-24-11-8-22/h3-4,13,21H,5-12,14-15H2,1-2H3. The molecule has 0 atom stereocenters. The van der Waals surface area contributed by atoms with Crippen molar-refractivity contribution in [3.05, 3.63) is 28.8 Å². The van der Waals surface area contributed by atoms with Gasteiger partial charge in [0.1, 0.15) is 12.4 Å². The van der Waals surface area contributed by atoms with Crippen LogP contribution < -0.4 is 10.1 Å². The Morgan fingerprint density at radius 3 is 2.72 bits per heavy atom. The molecule has 2 fully saturated rings. The molecule has 0 saturated carbocycles. The van der Waals surface area contributed by atoms with Gasteiger partial charge in [0.2, 0.25) is 0 Å². The topological polar surface area (TPSA) is 37.0 Å². The van der Waals surface area contributed by atoms with E-state index < -0.39 is 0 Å². The molecule has 1 aromatic carbocycles. The molecule has 2 saturated heterocycles. The Hall–Kier alpha value is -0.850. The number of hydrogen-bond donors (Lipinski definition) is 1. The van der Waals surface area contributed by atoms with Gasteiger partial charge in [0.25, 0.3) is 0 Å². The van der Waals surface area contributed by atoms with Crippen LogP contribution in [0.5, 0.6) is 5.75 Å². The van der Waals surface area contributed by atoms with E-state index in [0.29, 0.717) is 11.6 Å². The first-order valence-corrected chi connectivity index (χ1v) is 9.58. The van der Waals surface area contributed by atoms with Crippen molar-refractivity contribution in [2.45, 2.75) is 25.9 Å². The fourth-order valence-electron chi connectivity index (χ4n) is 3.51. The van der Waals surface area contributed by atoms with Gasteiger partial charge in [-0.15, -0.1) is 0 Å². The summed E-state index contributed by atoms with van der Waals surface area (Å²) in [6, 6.07) is 6.18. The number of nitrogens with one attached hydrogen (secondary N) is 1. The zero-order valence-electron chi connectivity index (χ0n) is 15.4. The molecule has 25 heavy (non-hydrogen) atoms. The van der Waals surface area contributed by atoms with Crippen molar-refractivity contribution < 1.29 is 9.47 Å². The molecule has 2 aliphatic heterocycles. The van der Waals surface area contributed by atoms with Crippen molar-refractivity contribution in [1.29, 1.82) is 0 Å². The fraction of sp³-hybridized carbons (Fsp3) is 0.684. The van der Waals surface area contributed by atoms with Gasteiger partial charge in [-0.1, -0.05) is 17.7 Å². The van der Waals surface area contributed by atoms with Crippen LogP contribution in [0, 0.1) is 0 Å². The van der Waals surface area contributed by atoms with Gasteiger partial charge in [0.15, 0.2) is 0 Å². The number of benzene rings is 1. The zero-order valence-corrected chi connectivity index (χ0v) is 16.1. The van der Waals surface area contributed by atoms with Crippen molar-refractivity contribution in [3.8, 4) is 5.75 Å². The molecule has 0 bridgehead atoms. The highest BCUT2D eigenvalue weighted by Gasteiger charge is 2.25. The van der Waals surface area contributed by atoms with E-state index in [4.69, 9.17) is 21.1 Å². The summed E-state index contributed by atoms with van der Waals surface area (Å²) in [5, 5.41) is 4.25. The monoisotopic (exact) mass is 367 g/mol. The Morgan fingerprint density at radius 1 is 1.20 bits per heavy atom. The van der Waals surface area contributed by atoms with Crippen LogP contribution in [0.25, 0.3) is 0 Å². The highest BCUT2D eigenvalue weighted by molar-refractivity contribution is 6.32. The summed E-state index contributed by atoms with van der Waals surface area (Å²) in [5.41, 5.74) is 1.41. The number of morpholine rings is 1. The summed E-state index contributed by atoms with van der Waals surface area (Å²) in [5.74, 6) is 0.777. The smallest absolute Gasteiger partial charge is 0.137 e. The van der Waals surface area contributed by atoms with Crippen LogP contribution in [0.4, 0.5) is 0 Å². The lowest BCUT2D eigenvalue weighted by atomic mass is 10.0. The van der Waals surface area contributed by atoms with Crippen LogP contribution >= 0.6 is 11.6 Å². The summed E-state index contributed by atoms with van der Waals surface area (Å²) >= 11 is 6.44. The molecular weight excluding hydrogens is 338 g/mol. The lowest BCUT2D eigenvalue weighted by Gasteiger charge is -2.39. The molecule has 140 valence electrons. The number of ether oxygens (including phenoxy) is 2. The number of rotatable bonds is 6. The van der Waals surface area contributed by atoms with E-state index in [1.807, 2.05) is 12.1 Å². The average molecular weight is 368 g/mol. The third-order valence-corrected chi connectivity index (χ3v) is 5.12. The second kappa shape index (κ2) is 8.69. The summed E-state index contributed by atoms with van der Waals surface area (Å²) in [7, 11) is 0. The molecule has 3 rings (SSSR count). The normalized spacial score (nSPS) is 22.0. The van der Waals surface area contributed by atoms with E-state index >= 15 is 0 Å². The maximum absolute atomic E-state index is 6.44. The number of nitrogens with zero attached hydrogens (tertiary/aromatic N) is 2. The predicted molar refractivity (Wildman–Crippen MR) is 102 cm³/mol. The van der Waals surface area contributed by atoms with Crippen molar-refractivity contribution >= 4 is 11.6 Å². The van der Waals surface area contributed by atoms with Gasteiger partial charge in [-0.25, -0.2) is 0 Å². The van der Waals surface area contributed by atoms with Crippen LogP contribution in [-0.4, -0.2) is 74.4 Å². The SMILES string of the molecule is CC1(C)CN(Cc2ccc(OCCN3CCOCC3)c(Cl)c2)CCN1. The predicted octanol–water partition coefficient (Wildman–Crippen LogP) is 2.23. The first-order valence-electron chi connectivity index (χ1n) is 9.21. The van der Waals surface area contributed by atoms with Crippen molar-refractivity contribution in [1.82, 2.24) is 15.1 Å². The van der Waals surface area contributed by atoms with Gasteiger partial charge in [0.05, 0.1) is 18.2 Å². The average Bonchev–Trinajstić information content (AvgIpc) is 2.57. The van der Waals surface area contributed by atoms with E-state index in [2.05, 4.69) is 35.0 Å².